The summed E-state index contributed by atoms with van der Waals surface area (Å²) in [4.78, 5) is 8.74. The van der Waals surface area contributed by atoms with Crippen LogP contribution in [0.1, 0.15) is 24.4 Å². The van der Waals surface area contributed by atoms with E-state index in [-0.39, 0.29) is 5.48 Å². The smallest absolute Gasteiger partial charge is 0.0950 e. The first kappa shape index (κ1) is 11.6. The molecule has 0 bridgehead atoms. The van der Waals surface area contributed by atoms with Crippen LogP contribution in [0.3, 0.4) is 0 Å². The van der Waals surface area contributed by atoms with Crippen LogP contribution in [0.5, 0.6) is 0 Å². The molecule has 0 amide bonds. The summed E-state index contributed by atoms with van der Waals surface area (Å²) in [6, 6.07) is 7.66. The van der Waals surface area contributed by atoms with Crippen molar-refractivity contribution in [3.05, 3.63) is 35.7 Å². The van der Waals surface area contributed by atoms with E-state index in [0.717, 1.165) is 16.7 Å². The monoisotopic (exact) mass is 206 g/mol. The molecule has 0 saturated carbocycles. The molecule has 4 nitrogen and oxygen atoms in total. The Kier molecular flexibility index (Phi) is 3.34. The molecule has 1 aromatic carbocycles. The van der Waals surface area contributed by atoms with Gasteiger partial charge in [-0.1, -0.05) is 12.1 Å². The van der Waals surface area contributed by atoms with Crippen LogP contribution in [0.25, 0.3) is 11.0 Å². The molecular formula is C11H14N2O2. The van der Waals surface area contributed by atoms with Gasteiger partial charge in [-0.25, -0.2) is 9.97 Å². The lowest BCUT2D eigenvalue weighted by Crippen LogP contribution is -2.01. The second kappa shape index (κ2) is 4.33. The Morgan fingerprint density at radius 2 is 1.67 bits per heavy atom. The number of rotatable bonds is 1. The molecule has 2 rings (SSSR count). The molecular weight excluding hydrogens is 192 g/mol. The molecule has 1 aromatic heterocycles. The number of hydrogen-bond acceptors (Lipinski definition) is 3. The zero-order chi connectivity index (χ0) is 10.1. The second-order valence-electron chi connectivity index (χ2n) is 3.36. The van der Waals surface area contributed by atoms with Crippen LogP contribution in [0.2, 0.25) is 0 Å². The van der Waals surface area contributed by atoms with E-state index in [1.165, 1.54) is 0 Å². The number of para-hydroxylation sites is 2. The first-order valence-electron chi connectivity index (χ1n) is 4.60. The predicted octanol–water partition coefficient (Wildman–Crippen LogP) is 1.17. The second-order valence-corrected chi connectivity index (χ2v) is 3.36. The highest BCUT2D eigenvalue weighted by Gasteiger charge is 2.08. The van der Waals surface area contributed by atoms with E-state index in [1.54, 1.807) is 6.92 Å². The molecule has 2 aromatic rings. The minimum atomic E-state index is -0.563. The van der Waals surface area contributed by atoms with Gasteiger partial charge in [0.2, 0.25) is 0 Å². The maximum Gasteiger partial charge on any atom is 0.0950 e. The van der Waals surface area contributed by atoms with Crippen LogP contribution in [-0.2, 0) is 0 Å². The number of nitrogens with zero attached hydrogens (tertiary/aromatic N) is 2. The van der Waals surface area contributed by atoms with E-state index < -0.39 is 6.10 Å². The molecule has 0 aliphatic carbocycles. The van der Waals surface area contributed by atoms with Gasteiger partial charge in [0.05, 0.1) is 28.5 Å². The summed E-state index contributed by atoms with van der Waals surface area (Å²) < 4.78 is 0. The van der Waals surface area contributed by atoms with Gasteiger partial charge in [-0.3, -0.25) is 0 Å². The summed E-state index contributed by atoms with van der Waals surface area (Å²) in [7, 11) is 0. The lowest BCUT2D eigenvalue weighted by molar-refractivity contribution is 0.193. The highest BCUT2D eigenvalue weighted by Crippen LogP contribution is 2.17. The van der Waals surface area contributed by atoms with Gasteiger partial charge in [0, 0.05) is 0 Å². The van der Waals surface area contributed by atoms with E-state index in [1.807, 2.05) is 31.2 Å². The molecule has 80 valence electrons. The zero-order valence-electron chi connectivity index (χ0n) is 8.73. The van der Waals surface area contributed by atoms with Crippen molar-refractivity contribution >= 4 is 11.0 Å². The van der Waals surface area contributed by atoms with Crippen molar-refractivity contribution in [1.82, 2.24) is 9.97 Å². The number of benzene rings is 1. The minimum Gasteiger partial charge on any atom is -0.412 e. The van der Waals surface area contributed by atoms with E-state index in [0.29, 0.717) is 5.69 Å². The van der Waals surface area contributed by atoms with Crippen LogP contribution in [0.15, 0.2) is 24.3 Å². The fourth-order valence-electron chi connectivity index (χ4n) is 1.50. The third-order valence-electron chi connectivity index (χ3n) is 2.18. The molecule has 1 heterocycles. The SMILES string of the molecule is Cc1nc2ccccc2nc1C(C)O.O. The van der Waals surface area contributed by atoms with Gasteiger partial charge < -0.3 is 10.6 Å². The number of aryl methyl sites for hydroxylation is 1. The molecule has 0 saturated heterocycles. The number of aliphatic hydroxyl groups excluding tert-OH is 1. The van der Waals surface area contributed by atoms with Gasteiger partial charge in [-0.2, -0.15) is 0 Å². The Hall–Kier alpha value is -1.52. The topological polar surface area (TPSA) is 77.5 Å². The summed E-state index contributed by atoms with van der Waals surface area (Å²) in [6.45, 7) is 3.56. The van der Waals surface area contributed by atoms with Gasteiger partial charge in [0.25, 0.3) is 0 Å². The van der Waals surface area contributed by atoms with Crippen LogP contribution in [0.4, 0.5) is 0 Å². The summed E-state index contributed by atoms with van der Waals surface area (Å²) in [5.41, 5.74) is 3.14. The van der Waals surface area contributed by atoms with E-state index in [9.17, 15) is 5.11 Å². The maximum absolute atomic E-state index is 9.46. The molecule has 15 heavy (non-hydrogen) atoms. The Labute approximate surface area is 87.9 Å². The van der Waals surface area contributed by atoms with Crippen molar-refractivity contribution in [3.63, 3.8) is 0 Å². The van der Waals surface area contributed by atoms with Crippen LogP contribution < -0.4 is 0 Å². The van der Waals surface area contributed by atoms with Gasteiger partial charge in [-0.05, 0) is 26.0 Å². The zero-order valence-corrected chi connectivity index (χ0v) is 8.73. The molecule has 0 radical (unpaired) electrons. The normalized spacial score (nSPS) is 12.2. The summed E-state index contributed by atoms with van der Waals surface area (Å²) >= 11 is 0. The van der Waals surface area contributed by atoms with Crippen LogP contribution in [-0.4, -0.2) is 20.6 Å². The summed E-state index contributed by atoms with van der Waals surface area (Å²) in [6.07, 6.45) is -0.563. The predicted molar refractivity (Wildman–Crippen MR) is 58.5 cm³/mol. The van der Waals surface area contributed by atoms with Crippen molar-refractivity contribution in [1.29, 1.82) is 0 Å². The minimum absolute atomic E-state index is 0. The molecule has 0 fully saturated rings. The fraction of sp³-hybridized carbons (Fsp3) is 0.273. The van der Waals surface area contributed by atoms with Gasteiger partial charge in [-0.15, -0.1) is 0 Å². The van der Waals surface area contributed by atoms with E-state index >= 15 is 0 Å². The van der Waals surface area contributed by atoms with Crippen LogP contribution in [0, 0.1) is 6.92 Å². The molecule has 4 heteroatoms. The average molecular weight is 206 g/mol. The lowest BCUT2D eigenvalue weighted by Gasteiger charge is -2.08. The first-order valence-corrected chi connectivity index (χ1v) is 4.60. The molecule has 0 aliphatic heterocycles. The third-order valence-corrected chi connectivity index (χ3v) is 2.18. The van der Waals surface area contributed by atoms with Crippen LogP contribution >= 0.6 is 0 Å². The Morgan fingerprint density at radius 3 is 2.20 bits per heavy atom. The number of aromatic nitrogens is 2. The molecule has 1 atom stereocenters. The summed E-state index contributed by atoms with van der Waals surface area (Å²) in [5.74, 6) is 0. The van der Waals surface area contributed by atoms with Crippen molar-refractivity contribution in [2.45, 2.75) is 20.0 Å². The largest absolute Gasteiger partial charge is 0.412 e. The van der Waals surface area contributed by atoms with Crippen molar-refractivity contribution < 1.29 is 10.6 Å². The van der Waals surface area contributed by atoms with Crippen molar-refractivity contribution in [2.75, 3.05) is 0 Å². The quantitative estimate of drug-likeness (QED) is 0.760. The van der Waals surface area contributed by atoms with Gasteiger partial charge in [0.1, 0.15) is 0 Å². The molecule has 0 aliphatic rings. The number of fused-ring (bicyclic) bond motifs is 1. The average Bonchev–Trinajstić information content (AvgIpc) is 2.16. The Balaban J connectivity index is 0.00000112. The highest BCUT2D eigenvalue weighted by atomic mass is 16.3. The van der Waals surface area contributed by atoms with Gasteiger partial charge in [0.15, 0.2) is 0 Å². The van der Waals surface area contributed by atoms with Gasteiger partial charge >= 0.3 is 0 Å². The fourth-order valence-corrected chi connectivity index (χ4v) is 1.50. The highest BCUT2D eigenvalue weighted by molar-refractivity contribution is 5.74. The Bertz CT molecular complexity index is 469. The van der Waals surface area contributed by atoms with E-state index in [4.69, 9.17) is 0 Å². The maximum atomic E-state index is 9.46. The molecule has 1 unspecified atom stereocenters. The first-order chi connectivity index (χ1) is 6.68. The standard InChI is InChI=1S/C11H12N2O.H2O/c1-7-11(8(2)14)13-10-6-4-3-5-9(10)12-7;/h3-6,8,14H,1-2H3;1H2. The van der Waals surface area contributed by atoms with Crippen molar-refractivity contribution in [2.24, 2.45) is 0 Å². The number of aliphatic hydroxyl groups is 1. The van der Waals surface area contributed by atoms with Crippen molar-refractivity contribution in [3.8, 4) is 0 Å². The molecule has 0 spiro atoms. The Morgan fingerprint density at radius 1 is 1.13 bits per heavy atom. The summed E-state index contributed by atoms with van der Waals surface area (Å²) in [5, 5.41) is 9.46. The number of hydrogen-bond donors (Lipinski definition) is 1. The third kappa shape index (κ3) is 2.11. The van der Waals surface area contributed by atoms with E-state index in [2.05, 4.69) is 9.97 Å². The lowest BCUT2D eigenvalue weighted by atomic mass is 10.2. The molecule has 3 N–H and O–H groups in total.